The third-order valence-electron chi connectivity index (χ3n) is 5.15. The first kappa shape index (κ1) is 19.6. The zero-order valence-corrected chi connectivity index (χ0v) is 17.2. The van der Waals surface area contributed by atoms with Gasteiger partial charge >= 0.3 is 0 Å². The maximum Gasteiger partial charge on any atom is 0.241 e. The van der Waals surface area contributed by atoms with Gasteiger partial charge in [-0.25, -0.2) is 0 Å². The van der Waals surface area contributed by atoms with Gasteiger partial charge in [-0.2, -0.15) is 4.98 Å². The Kier molecular flexibility index (Phi) is 6.21. The molecule has 3 aromatic rings. The average molecular weight is 413 g/mol. The van der Waals surface area contributed by atoms with E-state index in [9.17, 15) is 4.79 Å². The number of thiophene rings is 1. The third kappa shape index (κ3) is 5.02. The molecule has 1 fully saturated rings. The third-order valence-corrected chi connectivity index (χ3v) is 6.02. The number of hydrogen-bond donors (Lipinski definition) is 1. The second kappa shape index (κ2) is 9.19. The standard InChI is InChI=1S/C21H24N4O3S/c1-27-17-6-4-15(5-7-17)13-22-21(26)16-8-10-25(11-9-16)14-19-23-20(24-28-19)18-3-2-12-29-18/h2-7,12,16H,8-11,13-14H2,1H3,(H,22,26). The number of aromatic nitrogens is 2. The summed E-state index contributed by atoms with van der Waals surface area (Å²) in [5, 5.41) is 9.10. The van der Waals surface area contributed by atoms with Crippen molar-refractivity contribution >= 4 is 17.2 Å². The molecule has 7 nitrogen and oxygen atoms in total. The number of amides is 1. The van der Waals surface area contributed by atoms with Crippen LogP contribution in [0.25, 0.3) is 10.7 Å². The van der Waals surface area contributed by atoms with E-state index < -0.39 is 0 Å². The largest absolute Gasteiger partial charge is 0.497 e. The first-order chi connectivity index (χ1) is 14.2. The molecule has 1 amide bonds. The minimum absolute atomic E-state index is 0.0499. The van der Waals surface area contributed by atoms with Gasteiger partial charge in [0.15, 0.2) is 0 Å². The van der Waals surface area contributed by atoms with Gasteiger partial charge in [0.05, 0.1) is 18.5 Å². The molecule has 0 spiro atoms. The number of benzene rings is 1. The lowest BCUT2D eigenvalue weighted by Crippen LogP contribution is -2.40. The summed E-state index contributed by atoms with van der Waals surface area (Å²) in [4.78, 5) is 20.2. The number of piperidine rings is 1. The lowest BCUT2D eigenvalue weighted by atomic mass is 9.96. The van der Waals surface area contributed by atoms with Gasteiger partial charge in [-0.05, 0) is 55.1 Å². The number of nitrogens with one attached hydrogen (secondary N) is 1. The van der Waals surface area contributed by atoms with Gasteiger partial charge in [0.2, 0.25) is 17.6 Å². The summed E-state index contributed by atoms with van der Waals surface area (Å²) in [7, 11) is 1.64. The van der Waals surface area contributed by atoms with Crippen LogP contribution in [-0.4, -0.2) is 41.1 Å². The number of methoxy groups -OCH3 is 1. The molecule has 3 heterocycles. The SMILES string of the molecule is COc1ccc(CNC(=O)C2CCN(Cc3nc(-c4cccs4)no3)CC2)cc1. The number of nitrogens with zero attached hydrogens (tertiary/aromatic N) is 3. The van der Waals surface area contributed by atoms with Crippen LogP contribution in [0.2, 0.25) is 0 Å². The predicted octanol–water partition coefficient (Wildman–Crippen LogP) is 3.34. The first-order valence-corrected chi connectivity index (χ1v) is 10.6. The van der Waals surface area contributed by atoms with Crippen LogP contribution >= 0.6 is 11.3 Å². The molecule has 4 rings (SSSR count). The highest BCUT2D eigenvalue weighted by Gasteiger charge is 2.26. The van der Waals surface area contributed by atoms with E-state index in [1.165, 1.54) is 0 Å². The van der Waals surface area contributed by atoms with Crippen molar-refractivity contribution in [2.24, 2.45) is 5.92 Å². The van der Waals surface area contributed by atoms with E-state index in [2.05, 4.69) is 20.4 Å². The molecule has 0 unspecified atom stereocenters. The van der Waals surface area contributed by atoms with Crippen molar-refractivity contribution < 1.29 is 14.1 Å². The topological polar surface area (TPSA) is 80.5 Å². The molecule has 1 saturated heterocycles. The smallest absolute Gasteiger partial charge is 0.241 e. The molecular formula is C21H24N4O3S. The van der Waals surface area contributed by atoms with E-state index >= 15 is 0 Å². The first-order valence-electron chi connectivity index (χ1n) is 9.71. The van der Waals surface area contributed by atoms with Crippen molar-refractivity contribution in [3.63, 3.8) is 0 Å². The number of rotatable bonds is 7. The van der Waals surface area contributed by atoms with E-state index in [0.29, 0.717) is 24.8 Å². The lowest BCUT2D eigenvalue weighted by Gasteiger charge is -2.30. The van der Waals surface area contributed by atoms with Crippen molar-refractivity contribution in [1.29, 1.82) is 0 Å². The fourth-order valence-corrected chi connectivity index (χ4v) is 4.10. The van der Waals surface area contributed by atoms with Crippen LogP contribution in [0.15, 0.2) is 46.3 Å². The molecule has 2 aromatic heterocycles. The van der Waals surface area contributed by atoms with Crippen molar-refractivity contribution in [2.75, 3.05) is 20.2 Å². The van der Waals surface area contributed by atoms with E-state index in [1.807, 2.05) is 41.8 Å². The van der Waals surface area contributed by atoms with E-state index in [0.717, 1.165) is 42.1 Å². The maximum atomic E-state index is 12.5. The minimum atomic E-state index is 0.0499. The Morgan fingerprint density at radius 2 is 2.07 bits per heavy atom. The Morgan fingerprint density at radius 1 is 1.28 bits per heavy atom. The second-order valence-corrected chi connectivity index (χ2v) is 8.05. The molecule has 0 aliphatic carbocycles. The normalized spacial score (nSPS) is 15.3. The number of ether oxygens (including phenoxy) is 1. The van der Waals surface area contributed by atoms with Crippen LogP contribution in [0.3, 0.4) is 0 Å². The van der Waals surface area contributed by atoms with Crippen LogP contribution in [0.4, 0.5) is 0 Å². The highest BCUT2D eigenvalue weighted by molar-refractivity contribution is 7.13. The molecule has 29 heavy (non-hydrogen) atoms. The van der Waals surface area contributed by atoms with Gasteiger partial charge in [0.1, 0.15) is 5.75 Å². The Labute approximate surface area is 173 Å². The maximum absolute atomic E-state index is 12.5. The van der Waals surface area contributed by atoms with Gasteiger partial charge in [0, 0.05) is 12.5 Å². The summed E-state index contributed by atoms with van der Waals surface area (Å²) < 4.78 is 10.5. The molecule has 0 radical (unpaired) electrons. The van der Waals surface area contributed by atoms with Gasteiger partial charge in [-0.15, -0.1) is 11.3 Å². The summed E-state index contributed by atoms with van der Waals surface area (Å²) in [6.45, 7) is 2.85. The number of likely N-dealkylation sites (tertiary alicyclic amines) is 1. The highest BCUT2D eigenvalue weighted by atomic mass is 32.1. The van der Waals surface area contributed by atoms with Crippen LogP contribution in [0.1, 0.15) is 24.3 Å². The monoisotopic (exact) mass is 412 g/mol. The van der Waals surface area contributed by atoms with Crippen LogP contribution in [-0.2, 0) is 17.9 Å². The van der Waals surface area contributed by atoms with Crippen molar-refractivity contribution in [1.82, 2.24) is 20.4 Å². The molecule has 1 aliphatic rings. The van der Waals surface area contributed by atoms with Gasteiger partial charge in [-0.3, -0.25) is 9.69 Å². The van der Waals surface area contributed by atoms with E-state index in [-0.39, 0.29) is 11.8 Å². The number of hydrogen-bond acceptors (Lipinski definition) is 7. The van der Waals surface area contributed by atoms with Gasteiger partial charge < -0.3 is 14.6 Å². The summed E-state index contributed by atoms with van der Waals surface area (Å²) >= 11 is 1.59. The molecular weight excluding hydrogens is 388 g/mol. The zero-order valence-electron chi connectivity index (χ0n) is 16.3. The van der Waals surface area contributed by atoms with Crippen molar-refractivity contribution in [3.8, 4) is 16.5 Å². The molecule has 0 saturated carbocycles. The summed E-state index contributed by atoms with van der Waals surface area (Å²) in [6, 6.07) is 11.7. The Balaban J connectivity index is 1.22. The summed E-state index contributed by atoms with van der Waals surface area (Å²) in [6.07, 6.45) is 1.67. The molecule has 1 N–H and O–H groups in total. The molecule has 1 aromatic carbocycles. The second-order valence-electron chi connectivity index (χ2n) is 7.11. The number of carbonyl (C=O) groups is 1. The van der Waals surface area contributed by atoms with Crippen LogP contribution in [0, 0.1) is 5.92 Å². The molecule has 1 aliphatic heterocycles. The number of carbonyl (C=O) groups excluding carboxylic acids is 1. The predicted molar refractivity (Wildman–Crippen MR) is 110 cm³/mol. The van der Waals surface area contributed by atoms with Gasteiger partial charge in [0.25, 0.3) is 0 Å². The lowest BCUT2D eigenvalue weighted by molar-refractivity contribution is -0.126. The Morgan fingerprint density at radius 3 is 2.76 bits per heavy atom. The average Bonchev–Trinajstić information content (AvgIpc) is 3.45. The van der Waals surface area contributed by atoms with Crippen LogP contribution < -0.4 is 10.1 Å². The van der Waals surface area contributed by atoms with Gasteiger partial charge in [-0.1, -0.05) is 23.4 Å². The fourth-order valence-electron chi connectivity index (χ4n) is 3.45. The fraction of sp³-hybridized carbons (Fsp3) is 0.381. The molecule has 152 valence electrons. The van der Waals surface area contributed by atoms with E-state index in [1.54, 1.807) is 18.4 Å². The quantitative estimate of drug-likeness (QED) is 0.641. The van der Waals surface area contributed by atoms with Crippen molar-refractivity contribution in [2.45, 2.75) is 25.9 Å². The molecule has 0 atom stereocenters. The van der Waals surface area contributed by atoms with E-state index in [4.69, 9.17) is 9.26 Å². The Hall–Kier alpha value is -2.71. The zero-order chi connectivity index (χ0) is 20.1. The summed E-state index contributed by atoms with van der Waals surface area (Å²) in [5.41, 5.74) is 1.06. The molecule has 0 bridgehead atoms. The summed E-state index contributed by atoms with van der Waals surface area (Å²) in [5.74, 6) is 2.25. The minimum Gasteiger partial charge on any atom is -0.497 e. The van der Waals surface area contributed by atoms with Crippen LogP contribution in [0.5, 0.6) is 5.75 Å². The highest BCUT2D eigenvalue weighted by Crippen LogP contribution is 2.23. The Bertz CT molecular complexity index is 916. The molecule has 8 heteroatoms. The van der Waals surface area contributed by atoms with Crippen molar-refractivity contribution in [3.05, 3.63) is 53.2 Å².